The van der Waals surface area contributed by atoms with Crippen molar-refractivity contribution in [1.82, 2.24) is 9.88 Å². The number of ether oxygens (including phenoxy) is 2. The molecular formula is C31H35ClF3N3O4SSi. The van der Waals surface area contributed by atoms with Crippen molar-refractivity contribution in [2.75, 3.05) is 18.4 Å². The van der Waals surface area contributed by atoms with Gasteiger partial charge in [0, 0.05) is 29.2 Å². The summed E-state index contributed by atoms with van der Waals surface area (Å²) in [6.07, 6.45) is 0.0200. The SMILES string of the molecule is CC(C)(C)[Si](C)(C)O[C@@H]1CCN([C@@H](c2cnc(NC(=O)C3(c4ccc5c(c4)OC(F)(F)O5)CC3)s2)c2ccc(F)cc2Cl)C1. The summed E-state index contributed by atoms with van der Waals surface area (Å²) in [7, 11) is -1.99. The van der Waals surface area contributed by atoms with Crippen molar-refractivity contribution >= 4 is 42.3 Å². The first-order valence-electron chi connectivity index (χ1n) is 14.6. The summed E-state index contributed by atoms with van der Waals surface area (Å²) < 4.78 is 57.0. The number of anilines is 1. The minimum absolute atomic E-state index is 0.0566. The van der Waals surface area contributed by atoms with Gasteiger partial charge in [-0.05, 0) is 72.8 Å². The first-order valence-corrected chi connectivity index (χ1v) is 18.7. The van der Waals surface area contributed by atoms with Crippen LogP contribution in [0.2, 0.25) is 23.2 Å². The molecule has 3 aromatic rings. The van der Waals surface area contributed by atoms with Gasteiger partial charge in [-0.1, -0.05) is 55.8 Å². The maximum Gasteiger partial charge on any atom is 0.586 e. The summed E-state index contributed by atoms with van der Waals surface area (Å²) in [6, 6.07) is 8.55. The van der Waals surface area contributed by atoms with E-state index in [1.54, 1.807) is 18.3 Å². The molecule has 44 heavy (non-hydrogen) atoms. The van der Waals surface area contributed by atoms with Crippen LogP contribution in [-0.4, -0.2) is 49.6 Å². The zero-order valence-electron chi connectivity index (χ0n) is 25.2. The van der Waals surface area contributed by atoms with Crippen LogP contribution in [0, 0.1) is 5.82 Å². The molecule has 1 saturated heterocycles. The van der Waals surface area contributed by atoms with Crippen LogP contribution < -0.4 is 14.8 Å². The number of carbonyl (C=O) groups is 1. The number of alkyl halides is 2. The number of nitrogens with zero attached hydrogens (tertiary/aromatic N) is 2. The molecule has 0 unspecified atom stereocenters. The van der Waals surface area contributed by atoms with Crippen LogP contribution in [0.5, 0.6) is 11.5 Å². The van der Waals surface area contributed by atoms with Gasteiger partial charge in [0.15, 0.2) is 24.9 Å². The van der Waals surface area contributed by atoms with Gasteiger partial charge in [-0.15, -0.1) is 8.78 Å². The molecule has 2 atom stereocenters. The Kier molecular flexibility index (Phi) is 7.84. The predicted molar refractivity (Wildman–Crippen MR) is 166 cm³/mol. The molecule has 0 radical (unpaired) electrons. The number of hydrogen-bond acceptors (Lipinski definition) is 7. The lowest BCUT2D eigenvalue weighted by atomic mass is 9.94. The fraction of sp³-hybridized carbons (Fsp3) is 0.484. The molecular weight excluding hydrogens is 631 g/mol. The Morgan fingerprint density at radius 2 is 1.91 bits per heavy atom. The second kappa shape index (κ2) is 11.0. The number of thiazole rings is 1. The normalized spacial score (nSPS) is 21.3. The van der Waals surface area contributed by atoms with Gasteiger partial charge < -0.3 is 19.2 Å². The lowest BCUT2D eigenvalue weighted by molar-refractivity contribution is -0.286. The summed E-state index contributed by atoms with van der Waals surface area (Å²) in [5, 5.41) is 3.74. The van der Waals surface area contributed by atoms with E-state index >= 15 is 0 Å². The van der Waals surface area contributed by atoms with Crippen LogP contribution in [0.4, 0.5) is 18.3 Å². The summed E-state index contributed by atoms with van der Waals surface area (Å²) in [4.78, 5) is 21.2. The molecule has 0 bridgehead atoms. The third-order valence-corrected chi connectivity index (χ3v) is 15.0. The van der Waals surface area contributed by atoms with Gasteiger partial charge in [-0.25, -0.2) is 9.37 Å². The van der Waals surface area contributed by atoms with E-state index in [4.69, 9.17) is 16.0 Å². The van der Waals surface area contributed by atoms with E-state index in [0.717, 1.165) is 23.4 Å². The molecule has 6 rings (SSSR count). The quantitative estimate of drug-likeness (QED) is 0.245. The second-order valence-corrected chi connectivity index (χ2v) is 19.5. The van der Waals surface area contributed by atoms with Crippen LogP contribution in [-0.2, 0) is 14.6 Å². The summed E-state index contributed by atoms with van der Waals surface area (Å²) in [5.74, 6) is -0.853. The largest absolute Gasteiger partial charge is 0.586 e. The minimum atomic E-state index is -3.73. The number of benzene rings is 2. The van der Waals surface area contributed by atoms with Gasteiger partial charge >= 0.3 is 6.29 Å². The molecule has 7 nitrogen and oxygen atoms in total. The molecule has 1 N–H and O–H groups in total. The Bertz CT molecular complexity index is 1590. The Labute approximate surface area is 264 Å². The van der Waals surface area contributed by atoms with Crippen LogP contribution in [0.25, 0.3) is 0 Å². The van der Waals surface area contributed by atoms with Crippen LogP contribution in [0.3, 0.4) is 0 Å². The van der Waals surface area contributed by atoms with Crippen molar-refractivity contribution in [2.24, 2.45) is 0 Å². The molecule has 2 fully saturated rings. The lowest BCUT2D eigenvalue weighted by Crippen LogP contribution is -2.44. The Balaban J connectivity index is 1.22. The van der Waals surface area contributed by atoms with Crippen molar-refractivity contribution < 1.29 is 31.9 Å². The highest BCUT2D eigenvalue weighted by Gasteiger charge is 2.53. The average molecular weight is 666 g/mol. The fourth-order valence-corrected chi connectivity index (χ4v) is 8.25. The summed E-state index contributed by atoms with van der Waals surface area (Å²) in [5.41, 5.74) is 0.455. The molecule has 3 aliphatic rings. The molecule has 2 aliphatic heterocycles. The number of nitrogens with one attached hydrogen (secondary N) is 1. The van der Waals surface area contributed by atoms with Gasteiger partial charge in [-0.2, -0.15) is 0 Å². The Morgan fingerprint density at radius 3 is 2.59 bits per heavy atom. The van der Waals surface area contributed by atoms with Crippen LogP contribution in [0.15, 0.2) is 42.6 Å². The second-order valence-electron chi connectivity index (χ2n) is 13.3. The predicted octanol–water partition coefficient (Wildman–Crippen LogP) is 8.11. The topological polar surface area (TPSA) is 72.9 Å². The summed E-state index contributed by atoms with van der Waals surface area (Å²) in [6.45, 7) is 12.6. The number of likely N-dealkylation sites (tertiary alicyclic amines) is 1. The third kappa shape index (κ3) is 5.99. The highest BCUT2D eigenvalue weighted by atomic mass is 35.5. The molecule has 1 aromatic heterocycles. The monoisotopic (exact) mass is 665 g/mol. The minimum Gasteiger partial charge on any atom is -0.413 e. The van der Waals surface area contributed by atoms with Gasteiger partial charge in [0.2, 0.25) is 5.91 Å². The van der Waals surface area contributed by atoms with Crippen molar-refractivity contribution in [3.05, 3.63) is 69.4 Å². The van der Waals surface area contributed by atoms with E-state index in [9.17, 15) is 18.0 Å². The Hall–Kier alpha value is -2.64. The van der Waals surface area contributed by atoms with Crippen molar-refractivity contribution in [3.8, 4) is 11.5 Å². The van der Waals surface area contributed by atoms with Gasteiger partial charge in [0.05, 0.1) is 17.6 Å². The highest BCUT2D eigenvalue weighted by Crippen LogP contribution is 2.52. The van der Waals surface area contributed by atoms with Gasteiger partial charge in [0.25, 0.3) is 0 Å². The number of carbonyl (C=O) groups excluding carboxylic acids is 1. The van der Waals surface area contributed by atoms with Crippen LogP contribution >= 0.6 is 22.9 Å². The summed E-state index contributed by atoms with van der Waals surface area (Å²) >= 11 is 7.93. The first-order chi connectivity index (χ1) is 20.6. The fourth-order valence-electron chi connectivity index (χ4n) is 5.64. The number of amides is 1. The average Bonchev–Trinajstić information content (AvgIpc) is 3.22. The zero-order chi connectivity index (χ0) is 31.7. The molecule has 236 valence electrons. The third-order valence-electron chi connectivity index (χ3n) is 9.22. The highest BCUT2D eigenvalue weighted by molar-refractivity contribution is 7.15. The van der Waals surface area contributed by atoms with Crippen molar-refractivity contribution in [1.29, 1.82) is 0 Å². The Morgan fingerprint density at radius 1 is 1.18 bits per heavy atom. The first kappa shape index (κ1) is 31.3. The molecule has 1 saturated carbocycles. The molecule has 0 spiro atoms. The van der Waals surface area contributed by atoms with Crippen molar-refractivity contribution in [2.45, 2.75) is 82.0 Å². The number of rotatable bonds is 8. The number of aromatic nitrogens is 1. The van der Waals surface area contributed by atoms with Crippen molar-refractivity contribution in [3.63, 3.8) is 0 Å². The van der Waals surface area contributed by atoms with E-state index in [1.807, 2.05) is 0 Å². The van der Waals surface area contributed by atoms with Gasteiger partial charge in [0.1, 0.15) is 5.82 Å². The molecule has 3 heterocycles. The number of hydrogen-bond donors (Lipinski definition) is 1. The van der Waals surface area contributed by atoms with E-state index in [1.165, 1.54) is 35.6 Å². The number of halogens is 4. The molecule has 1 amide bonds. The molecule has 13 heteroatoms. The lowest BCUT2D eigenvalue weighted by Gasteiger charge is -2.38. The maximum atomic E-state index is 14.0. The molecule has 2 aromatic carbocycles. The zero-order valence-corrected chi connectivity index (χ0v) is 27.8. The molecule has 1 aliphatic carbocycles. The van der Waals surface area contributed by atoms with E-state index < -0.39 is 25.8 Å². The standard InChI is InChI=1S/C31H35ClF3N3O4SSi/c1-29(2,3)44(4,5)42-20-10-13-38(17-20)26(21-8-7-19(33)15-22(21)32)25-16-36-28(43-25)37-27(39)30(11-12-30)18-6-9-23-24(14-18)41-31(34,35)40-23/h6-9,14-16,20,26H,10-13,17H2,1-5H3,(H,36,37,39)/t20-,26-/m1/s1. The van der Waals surface area contributed by atoms with E-state index in [-0.39, 0.29) is 34.6 Å². The van der Waals surface area contributed by atoms with Gasteiger partial charge in [-0.3, -0.25) is 9.69 Å². The maximum absolute atomic E-state index is 14.0. The van der Waals surface area contributed by atoms with E-state index in [2.05, 4.69) is 58.5 Å². The smallest absolute Gasteiger partial charge is 0.413 e. The van der Waals surface area contributed by atoms with E-state index in [0.29, 0.717) is 35.1 Å². The van der Waals surface area contributed by atoms with Crippen LogP contribution in [0.1, 0.15) is 62.1 Å². The number of fused-ring (bicyclic) bond motifs is 1.